The molecule has 0 aliphatic heterocycles. The molecular weight excluding hydrogens is 256 g/mol. The Morgan fingerprint density at radius 2 is 2.06 bits per heavy atom. The zero-order valence-corrected chi connectivity index (χ0v) is 9.21. The number of rotatable bonds is 2. The predicted octanol–water partition coefficient (Wildman–Crippen LogP) is 0.0875. The second-order valence-corrected chi connectivity index (χ2v) is 5.31. The SMILES string of the molecule is O=c1cccc(-c2n[nH]c(S(=O)(=O)Cl)n2)[nH]1. The van der Waals surface area contributed by atoms with Gasteiger partial charge in [0.05, 0.1) is 5.69 Å². The van der Waals surface area contributed by atoms with Gasteiger partial charge in [-0.3, -0.25) is 4.79 Å². The van der Waals surface area contributed by atoms with Crippen molar-refractivity contribution < 1.29 is 8.42 Å². The van der Waals surface area contributed by atoms with Crippen LogP contribution in [0.5, 0.6) is 0 Å². The van der Waals surface area contributed by atoms with Crippen LogP contribution in [0.25, 0.3) is 11.5 Å². The molecule has 0 aliphatic rings. The van der Waals surface area contributed by atoms with E-state index in [1.807, 2.05) is 0 Å². The van der Waals surface area contributed by atoms with Crippen LogP contribution < -0.4 is 5.56 Å². The van der Waals surface area contributed by atoms with Crippen LogP contribution in [0.2, 0.25) is 0 Å². The lowest BCUT2D eigenvalue weighted by atomic mass is 10.3. The van der Waals surface area contributed by atoms with Gasteiger partial charge in [0.1, 0.15) is 0 Å². The number of nitrogens with zero attached hydrogens (tertiary/aromatic N) is 2. The fourth-order valence-electron chi connectivity index (χ4n) is 1.05. The smallest absolute Gasteiger partial charge is 0.296 e. The van der Waals surface area contributed by atoms with Crippen molar-refractivity contribution in [3.05, 3.63) is 28.6 Å². The van der Waals surface area contributed by atoms with Crippen molar-refractivity contribution in [3.8, 4) is 11.5 Å². The summed E-state index contributed by atoms with van der Waals surface area (Å²) in [5.74, 6) is 0.0527. The number of halogens is 1. The molecule has 2 N–H and O–H groups in total. The Labute approximate surface area is 93.9 Å². The fraction of sp³-hybridized carbons (Fsp3) is 0. The molecule has 2 aromatic heterocycles. The third-order valence-corrected chi connectivity index (χ3v) is 2.79. The summed E-state index contributed by atoms with van der Waals surface area (Å²) in [5.41, 5.74) is -0.0344. The maximum absolute atomic E-state index is 11.0. The van der Waals surface area contributed by atoms with E-state index in [0.29, 0.717) is 5.69 Å². The van der Waals surface area contributed by atoms with Crippen LogP contribution in [0, 0.1) is 0 Å². The molecule has 2 rings (SSSR count). The highest BCUT2D eigenvalue weighted by Gasteiger charge is 2.16. The Morgan fingerprint density at radius 3 is 2.62 bits per heavy atom. The summed E-state index contributed by atoms with van der Waals surface area (Å²) in [6, 6.07) is 4.35. The summed E-state index contributed by atoms with van der Waals surface area (Å²) < 4.78 is 21.8. The predicted molar refractivity (Wildman–Crippen MR) is 55.5 cm³/mol. The average Bonchev–Trinajstić information content (AvgIpc) is 2.65. The minimum absolute atomic E-state index is 0.0527. The molecule has 0 aromatic carbocycles. The molecule has 9 heteroatoms. The van der Waals surface area contributed by atoms with Crippen molar-refractivity contribution in [1.29, 1.82) is 0 Å². The van der Waals surface area contributed by atoms with Gasteiger partial charge >= 0.3 is 0 Å². The molecule has 2 heterocycles. The zero-order chi connectivity index (χ0) is 11.8. The Morgan fingerprint density at radius 1 is 1.31 bits per heavy atom. The lowest BCUT2D eigenvalue weighted by molar-refractivity contribution is 0.602. The van der Waals surface area contributed by atoms with Crippen LogP contribution in [-0.4, -0.2) is 28.6 Å². The first-order chi connectivity index (χ1) is 7.47. The van der Waals surface area contributed by atoms with Crippen molar-refractivity contribution in [1.82, 2.24) is 20.2 Å². The van der Waals surface area contributed by atoms with Gasteiger partial charge in [-0.05, 0) is 6.07 Å². The summed E-state index contributed by atoms with van der Waals surface area (Å²) in [6.07, 6.45) is 0. The largest absolute Gasteiger partial charge is 0.319 e. The number of aromatic amines is 2. The number of hydrogen-bond donors (Lipinski definition) is 2. The minimum atomic E-state index is -3.95. The number of pyridine rings is 1. The van der Waals surface area contributed by atoms with Crippen molar-refractivity contribution in [2.75, 3.05) is 0 Å². The van der Waals surface area contributed by atoms with E-state index in [9.17, 15) is 13.2 Å². The first-order valence-corrected chi connectivity index (χ1v) is 6.34. The Bertz CT molecular complexity index is 675. The second kappa shape index (κ2) is 3.72. The normalized spacial score (nSPS) is 11.6. The molecule has 7 nitrogen and oxygen atoms in total. The van der Waals surface area contributed by atoms with Gasteiger partial charge in [-0.2, -0.15) is 10.1 Å². The van der Waals surface area contributed by atoms with E-state index in [1.165, 1.54) is 18.2 Å². The lowest BCUT2D eigenvalue weighted by Crippen LogP contribution is -2.04. The average molecular weight is 261 g/mol. The van der Waals surface area contributed by atoms with Gasteiger partial charge in [0.25, 0.3) is 14.2 Å². The lowest BCUT2D eigenvalue weighted by Gasteiger charge is -1.91. The summed E-state index contributed by atoms with van der Waals surface area (Å²) in [7, 11) is 1.11. The van der Waals surface area contributed by atoms with E-state index in [4.69, 9.17) is 10.7 Å². The van der Waals surface area contributed by atoms with Crippen LogP contribution >= 0.6 is 10.7 Å². The molecule has 0 amide bonds. The van der Waals surface area contributed by atoms with Crippen molar-refractivity contribution in [3.63, 3.8) is 0 Å². The standard InChI is InChI=1S/C7H5ClN4O3S/c8-16(14,15)7-10-6(11-12-7)4-2-1-3-5(13)9-4/h1-3H,(H,9,13)(H,10,11,12). The van der Waals surface area contributed by atoms with Gasteiger partial charge in [0, 0.05) is 16.7 Å². The van der Waals surface area contributed by atoms with E-state index in [1.54, 1.807) is 0 Å². The quantitative estimate of drug-likeness (QED) is 0.744. The summed E-state index contributed by atoms with van der Waals surface area (Å²) in [6.45, 7) is 0. The number of hydrogen-bond acceptors (Lipinski definition) is 5. The van der Waals surface area contributed by atoms with Gasteiger partial charge in [-0.1, -0.05) is 6.07 Å². The van der Waals surface area contributed by atoms with Gasteiger partial charge in [0.15, 0.2) is 5.82 Å². The van der Waals surface area contributed by atoms with E-state index in [2.05, 4.69) is 20.2 Å². The molecule has 2 aromatic rings. The van der Waals surface area contributed by atoms with Gasteiger partial charge < -0.3 is 4.98 Å². The molecule has 0 atom stereocenters. The molecule has 0 fully saturated rings. The summed E-state index contributed by atoms with van der Waals surface area (Å²) in [5, 5.41) is 5.32. The van der Waals surface area contributed by atoms with Crippen molar-refractivity contribution >= 4 is 19.7 Å². The highest BCUT2D eigenvalue weighted by atomic mass is 35.7. The zero-order valence-electron chi connectivity index (χ0n) is 7.64. The van der Waals surface area contributed by atoms with Crippen LogP contribution in [0.3, 0.4) is 0 Å². The van der Waals surface area contributed by atoms with Gasteiger partial charge in [-0.15, -0.1) is 0 Å². The first-order valence-electron chi connectivity index (χ1n) is 4.03. The number of nitrogens with one attached hydrogen (secondary N) is 2. The molecule has 0 spiro atoms. The molecule has 16 heavy (non-hydrogen) atoms. The monoisotopic (exact) mass is 260 g/mol. The molecular formula is C7H5ClN4O3S. The Balaban J connectivity index is 2.51. The third kappa shape index (κ3) is 2.12. The van der Waals surface area contributed by atoms with E-state index in [-0.39, 0.29) is 11.4 Å². The van der Waals surface area contributed by atoms with Gasteiger partial charge in [0.2, 0.25) is 5.56 Å². The maximum Gasteiger partial charge on any atom is 0.296 e. The summed E-state index contributed by atoms with van der Waals surface area (Å²) in [4.78, 5) is 17.1. The van der Waals surface area contributed by atoms with E-state index < -0.39 is 14.2 Å². The molecule has 84 valence electrons. The first kappa shape index (κ1) is 10.8. The minimum Gasteiger partial charge on any atom is -0.319 e. The van der Waals surface area contributed by atoms with Gasteiger partial charge in [-0.25, -0.2) is 13.5 Å². The van der Waals surface area contributed by atoms with Crippen molar-refractivity contribution in [2.24, 2.45) is 0 Å². The number of aromatic nitrogens is 4. The maximum atomic E-state index is 11.0. The second-order valence-electron chi connectivity index (χ2n) is 2.83. The van der Waals surface area contributed by atoms with Crippen LogP contribution in [0.4, 0.5) is 0 Å². The van der Waals surface area contributed by atoms with E-state index >= 15 is 0 Å². The molecule has 0 radical (unpaired) electrons. The summed E-state index contributed by atoms with van der Waals surface area (Å²) >= 11 is 0. The fourth-order valence-corrected chi connectivity index (χ4v) is 1.61. The molecule has 0 aliphatic carbocycles. The van der Waals surface area contributed by atoms with Crippen LogP contribution in [-0.2, 0) is 9.05 Å². The molecule has 0 saturated carbocycles. The molecule has 0 saturated heterocycles. The Hall–Kier alpha value is -1.67. The van der Waals surface area contributed by atoms with Crippen LogP contribution in [0.1, 0.15) is 0 Å². The molecule has 0 unspecified atom stereocenters. The van der Waals surface area contributed by atoms with Crippen LogP contribution in [0.15, 0.2) is 28.2 Å². The third-order valence-electron chi connectivity index (χ3n) is 1.71. The number of H-pyrrole nitrogens is 2. The van der Waals surface area contributed by atoms with Crippen molar-refractivity contribution in [2.45, 2.75) is 5.16 Å². The topological polar surface area (TPSA) is 109 Å². The highest BCUT2D eigenvalue weighted by Crippen LogP contribution is 2.14. The molecule has 0 bridgehead atoms. The van der Waals surface area contributed by atoms with E-state index in [0.717, 1.165) is 0 Å². The highest BCUT2D eigenvalue weighted by molar-refractivity contribution is 8.13. The Kier molecular flexibility index (Phi) is 2.52.